The van der Waals surface area contributed by atoms with Crippen molar-refractivity contribution in [2.45, 2.75) is 11.6 Å². The van der Waals surface area contributed by atoms with E-state index < -0.39 is 22.2 Å². The van der Waals surface area contributed by atoms with Gasteiger partial charge in [0, 0.05) is 11.5 Å². The first-order chi connectivity index (χ1) is 5.82. The van der Waals surface area contributed by atoms with Crippen LogP contribution in [-0.4, -0.2) is 11.6 Å². The van der Waals surface area contributed by atoms with Crippen LogP contribution in [0.15, 0.2) is 21.7 Å². The predicted octanol–water partition coefficient (Wildman–Crippen LogP) is 3.99. The molecule has 0 amide bonds. The fourth-order valence-corrected chi connectivity index (χ4v) is 1.63. The lowest BCUT2D eigenvalue weighted by atomic mass is 10.1. The molecule has 0 heterocycles. The third-order valence-electron chi connectivity index (χ3n) is 1.38. The lowest BCUT2D eigenvalue weighted by molar-refractivity contribution is -0.0889. The highest BCUT2D eigenvalue weighted by molar-refractivity contribution is 6.42. The van der Waals surface area contributed by atoms with Crippen molar-refractivity contribution in [1.29, 1.82) is 0 Å². The largest absolute Gasteiger partial charge is 0.417 e. The van der Waals surface area contributed by atoms with Gasteiger partial charge in [0.05, 0.1) is 16.0 Å². The second-order valence-corrected chi connectivity index (χ2v) is 3.64. The Morgan fingerprint density at radius 2 is 1.77 bits per heavy atom. The maximum atomic E-state index is 12.2. The van der Waals surface area contributed by atoms with Crippen molar-refractivity contribution in [3.8, 4) is 0 Å². The molecule has 1 rings (SSSR count). The van der Waals surface area contributed by atoms with Crippen molar-refractivity contribution in [1.82, 2.24) is 0 Å². The van der Waals surface area contributed by atoms with E-state index in [9.17, 15) is 13.2 Å². The van der Waals surface area contributed by atoms with Crippen LogP contribution in [0.5, 0.6) is 0 Å². The highest BCUT2D eigenvalue weighted by Gasteiger charge is 2.39. The lowest BCUT2D eigenvalue weighted by Crippen LogP contribution is -2.18. The molecular weight excluding hydrogens is 247 g/mol. The fourth-order valence-electron chi connectivity index (χ4n) is 0.841. The molecule has 73 valence electrons. The first kappa shape index (κ1) is 11.2. The van der Waals surface area contributed by atoms with Gasteiger partial charge in [-0.25, -0.2) is 0 Å². The number of alkyl halides is 4. The minimum atomic E-state index is -4.52. The Balaban J connectivity index is 3.08. The summed E-state index contributed by atoms with van der Waals surface area (Å²) in [6, 6.07) is 0. The molecule has 0 saturated carbocycles. The summed E-state index contributed by atoms with van der Waals surface area (Å²) in [5.74, 6) is 0. The van der Waals surface area contributed by atoms with Crippen molar-refractivity contribution in [3.63, 3.8) is 0 Å². The molecule has 0 aromatic heterocycles. The third kappa shape index (κ3) is 2.55. The van der Waals surface area contributed by atoms with Crippen LogP contribution in [0.3, 0.4) is 0 Å². The second-order valence-electron chi connectivity index (χ2n) is 2.35. The predicted molar refractivity (Wildman–Crippen MR) is 46.8 cm³/mol. The molecule has 1 aliphatic carbocycles. The van der Waals surface area contributed by atoms with Gasteiger partial charge in [0.15, 0.2) is 0 Å². The number of rotatable bonds is 0. The van der Waals surface area contributed by atoms with Crippen molar-refractivity contribution in [2.75, 3.05) is 0 Å². The van der Waals surface area contributed by atoms with Gasteiger partial charge < -0.3 is 0 Å². The first-order valence-electron chi connectivity index (χ1n) is 3.16. The number of hydrogen-bond acceptors (Lipinski definition) is 0. The highest BCUT2D eigenvalue weighted by Crippen LogP contribution is 2.40. The number of halogens is 6. The summed E-state index contributed by atoms with van der Waals surface area (Å²) in [6.45, 7) is 0. The average molecular weight is 250 g/mol. The summed E-state index contributed by atoms with van der Waals surface area (Å²) in [7, 11) is 0. The molecule has 0 N–H and O–H groups in total. The zero-order valence-electron chi connectivity index (χ0n) is 6.00. The summed E-state index contributed by atoms with van der Waals surface area (Å²) in [5, 5.41) is -1.55. The van der Waals surface area contributed by atoms with Gasteiger partial charge in [-0.3, -0.25) is 0 Å². The number of hydrogen-bond donors (Lipinski definition) is 0. The van der Waals surface area contributed by atoms with Crippen molar-refractivity contribution in [3.05, 3.63) is 28.1 Å². The van der Waals surface area contributed by atoms with Crippen LogP contribution in [0.25, 0.3) is 0 Å². The van der Waals surface area contributed by atoms with Gasteiger partial charge in [0.25, 0.3) is 0 Å². The summed E-state index contributed by atoms with van der Waals surface area (Å²) in [6.07, 6.45) is -2.46. The lowest BCUT2D eigenvalue weighted by Gasteiger charge is -2.18. The Labute approximate surface area is 88.0 Å². The van der Waals surface area contributed by atoms with Gasteiger partial charge in [-0.05, 0) is 0 Å². The second kappa shape index (κ2) is 3.71. The van der Waals surface area contributed by atoms with Gasteiger partial charge >= 0.3 is 6.18 Å². The zero-order valence-corrected chi connectivity index (χ0v) is 8.27. The summed E-state index contributed by atoms with van der Waals surface area (Å²) in [5.41, 5.74) is -0.985. The molecule has 13 heavy (non-hydrogen) atoms. The van der Waals surface area contributed by atoms with Crippen LogP contribution in [0, 0.1) is 6.42 Å². The van der Waals surface area contributed by atoms with Gasteiger partial charge in [-0.2, -0.15) is 13.2 Å². The van der Waals surface area contributed by atoms with Gasteiger partial charge in [0.1, 0.15) is 0 Å². The maximum absolute atomic E-state index is 12.2. The summed E-state index contributed by atoms with van der Waals surface area (Å²) < 4.78 is 36.7. The van der Waals surface area contributed by atoms with Gasteiger partial charge in [0.2, 0.25) is 0 Å². The van der Waals surface area contributed by atoms with E-state index in [0.29, 0.717) is 0 Å². The molecule has 0 nitrogen and oxygen atoms in total. The quantitative estimate of drug-likeness (QED) is 0.570. The Morgan fingerprint density at radius 1 is 1.23 bits per heavy atom. The topological polar surface area (TPSA) is 0 Å². The monoisotopic (exact) mass is 249 g/mol. The Hall–Kier alpha value is 0.140. The molecule has 0 saturated heterocycles. The molecule has 0 bridgehead atoms. The van der Waals surface area contributed by atoms with Crippen molar-refractivity contribution >= 4 is 34.8 Å². The molecule has 1 atom stereocenters. The molecule has 1 aliphatic rings. The van der Waals surface area contributed by atoms with Crippen LogP contribution in [-0.2, 0) is 0 Å². The molecule has 0 spiro atoms. The summed E-state index contributed by atoms with van der Waals surface area (Å²) in [4.78, 5) is 0. The van der Waals surface area contributed by atoms with Crippen LogP contribution in [0.2, 0.25) is 0 Å². The molecule has 0 aromatic carbocycles. The third-order valence-corrected chi connectivity index (χ3v) is 2.45. The fraction of sp³-hybridized carbons (Fsp3) is 0.286. The first-order valence-corrected chi connectivity index (χ1v) is 4.35. The van der Waals surface area contributed by atoms with Crippen LogP contribution in [0.4, 0.5) is 13.2 Å². The molecule has 1 unspecified atom stereocenters. The molecule has 0 fully saturated rings. The molecule has 6 heteroatoms. The standard InChI is InChI=1S/C7H3Cl3F3/c8-3-1-4(7(11,12)13)6(10)5(9)2-3/h1-3H. The van der Waals surface area contributed by atoms with E-state index in [2.05, 4.69) is 0 Å². The highest BCUT2D eigenvalue weighted by atomic mass is 35.5. The van der Waals surface area contributed by atoms with E-state index in [0.717, 1.165) is 6.08 Å². The Bertz CT molecular complexity index is 277. The van der Waals surface area contributed by atoms with Crippen LogP contribution >= 0.6 is 34.8 Å². The molecule has 0 aromatic rings. The molecule has 1 radical (unpaired) electrons. The minimum absolute atomic E-state index is 0.170. The Morgan fingerprint density at radius 3 is 2.23 bits per heavy atom. The van der Waals surface area contributed by atoms with Crippen molar-refractivity contribution in [2.24, 2.45) is 0 Å². The minimum Gasteiger partial charge on any atom is -0.166 e. The maximum Gasteiger partial charge on any atom is 0.417 e. The van der Waals surface area contributed by atoms with Crippen molar-refractivity contribution < 1.29 is 13.2 Å². The molecule has 0 aliphatic heterocycles. The number of allylic oxidation sites excluding steroid dienone is 4. The molecular formula is C7H3Cl3F3. The Kier molecular flexibility index (Phi) is 3.20. The zero-order chi connectivity index (χ0) is 10.2. The van der Waals surface area contributed by atoms with Crippen LogP contribution in [0.1, 0.15) is 0 Å². The van der Waals surface area contributed by atoms with E-state index >= 15 is 0 Å². The normalized spacial score (nSPS) is 24.8. The van der Waals surface area contributed by atoms with E-state index in [-0.39, 0.29) is 5.03 Å². The summed E-state index contributed by atoms with van der Waals surface area (Å²) >= 11 is 16.3. The van der Waals surface area contributed by atoms with Gasteiger partial charge in [-0.15, -0.1) is 11.6 Å². The van der Waals surface area contributed by atoms with Crippen LogP contribution < -0.4 is 0 Å². The van der Waals surface area contributed by atoms with E-state index in [1.807, 2.05) is 0 Å². The van der Waals surface area contributed by atoms with E-state index in [1.165, 1.54) is 6.42 Å². The van der Waals surface area contributed by atoms with E-state index in [1.54, 1.807) is 0 Å². The van der Waals surface area contributed by atoms with Gasteiger partial charge in [-0.1, -0.05) is 29.3 Å². The smallest absolute Gasteiger partial charge is 0.166 e. The SMILES string of the molecule is FC(F)(F)C1=CC(Cl)[CH]C(Cl)=C1Cl. The van der Waals surface area contributed by atoms with E-state index in [4.69, 9.17) is 34.8 Å². The average Bonchev–Trinajstić information content (AvgIpc) is 1.94.